The van der Waals surface area contributed by atoms with Gasteiger partial charge in [-0.25, -0.2) is 14.9 Å². The highest BCUT2D eigenvalue weighted by Crippen LogP contribution is 2.26. The van der Waals surface area contributed by atoms with Gasteiger partial charge in [0.2, 0.25) is 0 Å². The van der Waals surface area contributed by atoms with Gasteiger partial charge in [0.1, 0.15) is 0 Å². The Labute approximate surface area is 150 Å². The summed E-state index contributed by atoms with van der Waals surface area (Å²) in [4.78, 5) is 46.1. The number of anilines is 1. The fourth-order valence-corrected chi connectivity index (χ4v) is 3.47. The summed E-state index contributed by atoms with van der Waals surface area (Å²) in [6.45, 7) is 0. The zero-order valence-electron chi connectivity index (χ0n) is 14.1. The van der Waals surface area contributed by atoms with Gasteiger partial charge in [0.05, 0.1) is 5.69 Å². The predicted octanol–water partition coefficient (Wildman–Crippen LogP) is 2.34. The van der Waals surface area contributed by atoms with E-state index in [1.54, 1.807) is 24.3 Å². The van der Waals surface area contributed by atoms with E-state index in [-0.39, 0.29) is 23.3 Å². The first-order chi connectivity index (χ1) is 12.6. The van der Waals surface area contributed by atoms with Crippen LogP contribution in [0.1, 0.15) is 63.4 Å². The van der Waals surface area contributed by atoms with Crippen LogP contribution in [0, 0.1) is 0 Å². The molecule has 0 radical (unpaired) electrons. The number of benzene rings is 1. The fraction of sp³-hybridized carbons (Fsp3) is 0.316. The van der Waals surface area contributed by atoms with Crippen LogP contribution in [0.5, 0.6) is 0 Å². The second-order valence-corrected chi connectivity index (χ2v) is 6.55. The van der Waals surface area contributed by atoms with E-state index in [1.165, 1.54) is 18.8 Å². The number of fused-ring (bicyclic) bond motifs is 1. The number of nitrogens with zero attached hydrogens (tertiary/aromatic N) is 3. The average molecular weight is 350 g/mol. The van der Waals surface area contributed by atoms with Gasteiger partial charge in [-0.05, 0) is 37.1 Å². The van der Waals surface area contributed by atoms with Gasteiger partial charge in [-0.3, -0.25) is 14.4 Å². The smallest absolute Gasteiger partial charge is 0.286 e. The van der Waals surface area contributed by atoms with E-state index in [0.29, 0.717) is 11.3 Å². The van der Waals surface area contributed by atoms with Gasteiger partial charge in [0.15, 0.2) is 11.4 Å². The molecule has 7 heteroatoms. The first kappa shape index (κ1) is 16.4. The molecule has 132 valence electrons. The normalized spacial score (nSPS) is 17.3. The van der Waals surface area contributed by atoms with Gasteiger partial charge in [-0.1, -0.05) is 19.3 Å². The van der Waals surface area contributed by atoms with E-state index in [2.05, 4.69) is 15.3 Å². The molecule has 1 aliphatic carbocycles. The highest BCUT2D eigenvalue weighted by Gasteiger charge is 2.39. The lowest BCUT2D eigenvalue weighted by molar-refractivity contribution is 0.0915. The molecule has 0 bridgehead atoms. The Morgan fingerprint density at radius 3 is 2.08 bits per heavy atom. The van der Waals surface area contributed by atoms with Crippen LogP contribution < -0.4 is 10.2 Å². The molecule has 2 aromatic rings. The van der Waals surface area contributed by atoms with Gasteiger partial charge >= 0.3 is 0 Å². The lowest BCUT2D eigenvalue weighted by atomic mass is 9.95. The van der Waals surface area contributed by atoms with Crippen LogP contribution in [0.15, 0.2) is 36.7 Å². The maximum Gasteiger partial charge on any atom is 0.286 e. The van der Waals surface area contributed by atoms with Crippen molar-refractivity contribution in [2.75, 3.05) is 4.90 Å². The third-order valence-corrected chi connectivity index (χ3v) is 4.84. The molecule has 1 N–H and O–H groups in total. The summed E-state index contributed by atoms with van der Waals surface area (Å²) in [7, 11) is 0. The maximum atomic E-state index is 12.4. The Bertz CT molecular complexity index is 838. The fourth-order valence-electron chi connectivity index (χ4n) is 3.47. The summed E-state index contributed by atoms with van der Waals surface area (Å²) in [5, 5.41) is 3.05. The maximum absolute atomic E-state index is 12.4. The second-order valence-electron chi connectivity index (χ2n) is 6.55. The number of hydrogen-bond acceptors (Lipinski definition) is 5. The van der Waals surface area contributed by atoms with Crippen molar-refractivity contribution >= 4 is 23.4 Å². The van der Waals surface area contributed by atoms with E-state index in [9.17, 15) is 14.4 Å². The molecule has 1 fully saturated rings. The third-order valence-electron chi connectivity index (χ3n) is 4.84. The Hall–Kier alpha value is -3.09. The van der Waals surface area contributed by atoms with Crippen LogP contribution in [0.4, 0.5) is 5.69 Å². The Morgan fingerprint density at radius 2 is 1.50 bits per heavy atom. The summed E-state index contributed by atoms with van der Waals surface area (Å²) in [6.07, 6.45) is 8.30. The molecule has 0 saturated heterocycles. The van der Waals surface area contributed by atoms with Gasteiger partial charge in [-0.2, -0.15) is 0 Å². The van der Waals surface area contributed by atoms with Crippen molar-refractivity contribution in [3.63, 3.8) is 0 Å². The van der Waals surface area contributed by atoms with Crippen LogP contribution >= 0.6 is 0 Å². The van der Waals surface area contributed by atoms with Crippen molar-refractivity contribution in [2.45, 2.75) is 38.1 Å². The standard InChI is InChI=1S/C19H18N4O3/c24-17(22-13-4-2-1-3-5-13)12-6-8-14(9-7-12)23-18(25)15-16(19(23)26)21-11-10-20-15/h6-11,13H,1-5H2,(H,22,24). The number of carbonyl (C=O) groups is 3. The number of aromatic nitrogens is 2. The summed E-state index contributed by atoms with van der Waals surface area (Å²) >= 11 is 0. The Balaban J connectivity index is 1.51. The van der Waals surface area contributed by atoms with Crippen molar-refractivity contribution < 1.29 is 14.4 Å². The van der Waals surface area contributed by atoms with Crippen LogP contribution in [-0.4, -0.2) is 33.7 Å². The summed E-state index contributed by atoms with van der Waals surface area (Å²) < 4.78 is 0. The molecule has 1 aromatic heterocycles. The van der Waals surface area contributed by atoms with Crippen molar-refractivity contribution in [1.82, 2.24) is 15.3 Å². The van der Waals surface area contributed by atoms with E-state index >= 15 is 0 Å². The average Bonchev–Trinajstić information content (AvgIpc) is 2.94. The van der Waals surface area contributed by atoms with Crippen LogP contribution in [0.25, 0.3) is 0 Å². The number of hydrogen-bond donors (Lipinski definition) is 1. The van der Waals surface area contributed by atoms with E-state index < -0.39 is 11.8 Å². The minimum Gasteiger partial charge on any atom is -0.349 e. The van der Waals surface area contributed by atoms with Gasteiger partial charge in [0.25, 0.3) is 17.7 Å². The predicted molar refractivity (Wildman–Crippen MR) is 94.0 cm³/mol. The molecule has 1 saturated carbocycles. The first-order valence-corrected chi connectivity index (χ1v) is 8.76. The molecule has 7 nitrogen and oxygen atoms in total. The monoisotopic (exact) mass is 350 g/mol. The molecule has 1 aromatic carbocycles. The van der Waals surface area contributed by atoms with E-state index in [0.717, 1.165) is 30.6 Å². The third kappa shape index (κ3) is 2.85. The van der Waals surface area contributed by atoms with Crippen molar-refractivity contribution in [2.24, 2.45) is 0 Å². The molecular weight excluding hydrogens is 332 g/mol. The summed E-state index contributed by atoms with van der Waals surface area (Å²) in [5.41, 5.74) is 1.01. The van der Waals surface area contributed by atoms with Crippen LogP contribution in [-0.2, 0) is 0 Å². The number of carbonyl (C=O) groups excluding carboxylic acids is 3. The van der Waals surface area contributed by atoms with Gasteiger partial charge in [-0.15, -0.1) is 0 Å². The number of nitrogens with one attached hydrogen (secondary N) is 1. The highest BCUT2D eigenvalue weighted by atomic mass is 16.2. The number of amides is 3. The molecule has 2 heterocycles. The SMILES string of the molecule is O=C(NC1CCCCC1)c1ccc(N2C(=O)c3nccnc3C2=O)cc1. The van der Waals surface area contributed by atoms with Crippen molar-refractivity contribution in [3.8, 4) is 0 Å². The summed E-state index contributed by atoms with van der Waals surface area (Å²) in [6, 6.07) is 6.66. The molecule has 0 atom stereocenters. The van der Waals surface area contributed by atoms with Crippen molar-refractivity contribution in [1.29, 1.82) is 0 Å². The van der Waals surface area contributed by atoms with Gasteiger partial charge < -0.3 is 5.32 Å². The summed E-state index contributed by atoms with van der Waals surface area (Å²) in [5.74, 6) is -1.14. The van der Waals surface area contributed by atoms with Crippen molar-refractivity contribution in [3.05, 3.63) is 53.6 Å². The largest absolute Gasteiger partial charge is 0.349 e. The topological polar surface area (TPSA) is 92.3 Å². The minimum atomic E-state index is -0.502. The lowest BCUT2D eigenvalue weighted by Gasteiger charge is -2.22. The lowest BCUT2D eigenvalue weighted by Crippen LogP contribution is -2.36. The minimum absolute atomic E-state index is 0.0524. The Morgan fingerprint density at radius 1 is 0.923 bits per heavy atom. The number of rotatable bonds is 3. The molecule has 4 rings (SSSR count). The van der Waals surface area contributed by atoms with E-state index in [1.807, 2.05) is 0 Å². The molecule has 26 heavy (non-hydrogen) atoms. The zero-order chi connectivity index (χ0) is 18.1. The number of imide groups is 1. The molecule has 0 spiro atoms. The second kappa shape index (κ2) is 6.67. The van der Waals surface area contributed by atoms with Crippen LogP contribution in [0.2, 0.25) is 0 Å². The first-order valence-electron chi connectivity index (χ1n) is 8.76. The Kier molecular flexibility index (Phi) is 4.20. The molecular formula is C19H18N4O3. The van der Waals surface area contributed by atoms with E-state index in [4.69, 9.17) is 0 Å². The molecule has 3 amide bonds. The quantitative estimate of drug-likeness (QED) is 0.858. The molecule has 2 aliphatic rings. The van der Waals surface area contributed by atoms with Crippen LogP contribution in [0.3, 0.4) is 0 Å². The van der Waals surface area contributed by atoms with Gasteiger partial charge in [0, 0.05) is 24.0 Å². The molecule has 1 aliphatic heterocycles. The highest BCUT2D eigenvalue weighted by molar-refractivity contribution is 6.33. The zero-order valence-corrected chi connectivity index (χ0v) is 14.1. The molecule has 0 unspecified atom stereocenters.